The molecule has 13 heavy (non-hydrogen) atoms. The second-order valence-corrected chi connectivity index (χ2v) is 4.92. The summed E-state index contributed by atoms with van der Waals surface area (Å²) < 4.78 is 0.857. The van der Waals surface area contributed by atoms with E-state index in [4.69, 9.17) is 11.6 Å². The van der Waals surface area contributed by atoms with Crippen molar-refractivity contribution in [3.05, 3.63) is 20.5 Å². The topological polar surface area (TPSA) is 25.2 Å². The highest BCUT2D eigenvalue weighted by molar-refractivity contribution is 14.1. The maximum absolute atomic E-state index is 5.94. The number of halogens is 2. The highest BCUT2D eigenvalue weighted by Crippen LogP contribution is 2.32. The van der Waals surface area contributed by atoms with Crippen LogP contribution < -0.4 is 0 Å². The standard InChI is InChI=1S/C8H6ClIN2S/c1-13-7-3-6-5(11-7)2-4(9)8(10)12-6/h2H,3H2,1H3. The summed E-state index contributed by atoms with van der Waals surface area (Å²) in [4.78, 5) is 8.78. The molecule has 1 aliphatic heterocycles. The Hall–Kier alpha value is 0.190. The molecule has 0 amide bonds. The number of hydrogen-bond acceptors (Lipinski definition) is 3. The molecule has 0 saturated heterocycles. The van der Waals surface area contributed by atoms with E-state index in [1.54, 1.807) is 11.8 Å². The Bertz CT molecular complexity index is 392. The first kappa shape index (κ1) is 9.73. The summed E-state index contributed by atoms with van der Waals surface area (Å²) in [6.45, 7) is 0. The third-order valence-corrected chi connectivity index (χ3v) is 3.92. The molecule has 5 heteroatoms. The first-order chi connectivity index (χ1) is 6.20. The van der Waals surface area contributed by atoms with E-state index in [1.807, 2.05) is 12.3 Å². The average molecular weight is 325 g/mol. The number of nitrogens with zero attached hydrogens (tertiary/aromatic N) is 2. The van der Waals surface area contributed by atoms with Crippen LogP contribution >= 0.6 is 46.0 Å². The van der Waals surface area contributed by atoms with Crippen LogP contribution in [-0.4, -0.2) is 16.3 Å². The van der Waals surface area contributed by atoms with E-state index in [0.29, 0.717) is 5.02 Å². The second-order valence-electron chi connectivity index (χ2n) is 2.61. The van der Waals surface area contributed by atoms with Gasteiger partial charge in [-0.05, 0) is 34.9 Å². The molecule has 2 nitrogen and oxygen atoms in total. The second kappa shape index (κ2) is 3.74. The van der Waals surface area contributed by atoms with Gasteiger partial charge in [-0.15, -0.1) is 11.8 Å². The molecule has 0 aromatic carbocycles. The lowest BCUT2D eigenvalue weighted by Gasteiger charge is -1.98. The van der Waals surface area contributed by atoms with Crippen molar-refractivity contribution in [3.8, 4) is 0 Å². The summed E-state index contributed by atoms with van der Waals surface area (Å²) in [5.41, 5.74) is 1.97. The minimum absolute atomic E-state index is 0.686. The SMILES string of the molecule is CSC1=Nc2cc(Cl)c(I)nc2C1. The van der Waals surface area contributed by atoms with Crippen molar-refractivity contribution < 1.29 is 0 Å². The lowest BCUT2D eigenvalue weighted by Crippen LogP contribution is -1.94. The van der Waals surface area contributed by atoms with Crippen LogP contribution in [0.25, 0.3) is 0 Å². The molecule has 2 rings (SSSR count). The summed E-state index contributed by atoms with van der Waals surface area (Å²) >= 11 is 9.74. The van der Waals surface area contributed by atoms with Gasteiger partial charge in [-0.3, -0.25) is 0 Å². The molecule has 0 fully saturated rings. The molecule has 1 aliphatic rings. The van der Waals surface area contributed by atoms with Crippen LogP contribution in [0.3, 0.4) is 0 Å². The number of fused-ring (bicyclic) bond motifs is 1. The smallest absolute Gasteiger partial charge is 0.120 e. The Kier molecular flexibility index (Phi) is 2.80. The van der Waals surface area contributed by atoms with Crippen molar-refractivity contribution in [2.45, 2.75) is 6.42 Å². The van der Waals surface area contributed by atoms with Gasteiger partial charge in [0.2, 0.25) is 0 Å². The van der Waals surface area contributed by atoms with Crippen molar-refractivity contribution in [1.82, 2.24) is 4.98 Å². The molecule has 0 atom stereocenters. The van der Waals surface area contributed by atoms with Crippen LogP contribution in [0.2, 0.25) is 5.02 Å². The van der Waals surface area contributed by atoms with E-state index < -0.39 is 0 Å². The third kappa shape index (κ3) is 1.85. The quantitative estimate of drug-likeness (QED) is 0.540. The molecular formula is C8H6ClIN2S. The number of hydrogen-bond donors (Lipinski definition) is 0. The number of aliphatic imine (C=N–C) groups is 1. The average Bonchev–Trinajstić information content (AvgIpc) is 2.48. The lowest BCUT2D eigenvalue weighted by molar-refractivity contribution is 1.14. The van der Waals surface area contributed by atoms with Gasteiger partial charge in [-0.25, -0.2) is 9.98 Å². The lowest BCUT2D eigenvalue weighted by atomic mass is 10.3. The number of pyridine rings is 1. The van der Waals surface area contributed by atoms with Gasteiger partial charge in [0.05, 0.1) is 21.4 Å². The Morgan fingerprint density at radius 1 is 1.62 bits per heavy atom. The van der Waals surface area contributed by atoms with Gasteiger partial charge in [0.1, 0.15) is 3.70 Å². The van der Waals surface area contributed by atoms with Crippen LogP contribution in [0.5, 0.6) is 0 Å². The fraction of sp³-hybridized carbons (Fsp3) is 0.250. The fourth-order valence-corrected chi connectivity index (χ4v) is 2.22. The Morgan fingerprint density at radius 3 is 3.08 bits per heavy atom. The van der Waals surface area contributed by atoms with E-state index in [2.05, 4.69) is 32.6 Å². The molecular weight excluding hydrogens is 319 g/mol. The maximum atomic E-state index is 5.94. The zero-order valence-corrected chi connectivity index (χ0v) is 10.6. The van der Waals surface area contributed by atoms with Gasteiger partial charge in [0.25, 0.3) is 0 Å². The van der Waals surface area contributed by atoms with Gasteiger partial charge >= 0.3 is 0 Å². The Morgan fingerprint density at radius 2 is 2.38 bits per heavy atom. The van der Waals surface area contributed by atoms with Gasteiger partial charge < -0.3 is 0 Å². The van der Waals surface area contributed by atoms with Crippen LogP contribution in [0, 0.1) is 3.70 Å². The van der Waals surface area contributed by atoms with E-state index in [9.17, 15) is 0 Å². The van der Waals surface area contributed by atoms with E-state index in [1.165, 1.54) is 0 Å². The summed E-state index contributed by atoms with van der Waals surface area (Å²) in [5, 5.41) is 1.80. The molecule has 2 heterocycles. The molecule has 0 saturated carbocycles. The zero-order valence-electron chi connectivity index (χ0n) is 6.84. The summed E-state index contributed by atoms with van der Waals surface area (Å²) in [5.74, 6) is 0. The Balaban J connectivity index is 2.46. The minimum atomic E-state index is 0.686. The number of aromatic nitrogens is 1. The largest absolute Gasteiger partial charge is 0.244 e. The van der Waals surface area contributed by atoms with Crippen molar-refractivity contribution in [2.24, 2.45) is 4.99 Å². The van der Waals surface area contributed by atoms with Crippen molar-refractivity contribution in [1.29, 1.82) is 0 Å². The summed E-state index contributed by atoms with van der Waals surface area (Å²) in [7, 11) is 0. The third-order valence-electron chi connectivity index (χ3n) is 1.79. The van der Waals surface area contributed by atoms with Crippen molar-refractivity contribution >= 4 is 56.7 Å². The minimum Gasteiger partial charge on any atom is -0.244 e. The molecule has 1 aromatic rings. The van der Waals surface area contributed by atoms with Gasteiger partial charge in [-0.1, -0.05) is 11.6 Å². The zero-order chi connectivity index (χ0) is 9.42. The van der Waals surface area contributed by atoms with E-state index in [-0.39, 0.29) is 0 Å². The predicted molar refractivity (Wildman–Crippen MR) is 66.3 cm³/mol. The molecule has 0 radical (unpaired) electrons. The van der Waals surface area contributed by atoms with Gasteiger partial charge in [0, 0.05) is 6.42 Å². The number of rotatable bonds is 0. The van der Waals surface area contributed by atoms with E-state index >= 15 is 0 Å². The van der Waals surface area contributed by atoms with Gasteiger partial charge in [0.15, 0.2) is 0 Å². The molecule has 1 aromatic heterocycles. The van der Waals surface area contributed by atoms with Gasteiger partial charge in [-0.2, -0.15) is 0 Å². The summed E-state index contributed by atoms with van der Waals surface area (Å²) in [6, 6.07) is 1.88. The molecule has 0 spiro atoms. The molecule has 68 valence electrons. The first-order valence-corrected chi connectivity index (χ1v) is 6.35. The fourth-order valence-electron chi connectivity index (χ4n) is 1.15. The van der Waals surface area contributed by atoms with Crippen LogP contribution in [0.4, 0.5) is 5.69 Å². The highest BCUT2D eigenvalue weighted by atomic mass is 127. The molecule has 0 unspecified atom stereocenters. The van der Waals surface area contributed by atoms with Crippen molar-refractivity contribution in [2.75, 3.05) is 6.26 Å². The summed E-state index contributed by atoms with van der Waals surface area (Å²) in [6.07, 6.45) is 2.88. The maximum Gasteiger partial charge on any atom is 0.120 e. The van der Waals surface area contributed by atoms with Crippen LogP contribution in [0.15, 0.2) is 11.1 Å². The highest BCUT2D eigenvalue weighted by Gasteiger charge is 2.16. The molecule has 0 aliphatic carbocycles. The predicted octanol–water partition coefficient (Wildman–Crippen LogP) is 3.29. The van der Waals surface area contributed by atoms with Crippen LogP contribution in [0.1, 0.15) is 5.69 Å². The monoisotopic (exact) mass is 324 g/mol. The van der Waals surface area contributed by atoms with Crippen LogP contribution in [-0.2, 0) is 6.42 Å². The van der Waals surface area contributed by atoms with E-state index in [0.717, 1.165) is 26.5 Å². The Labute approximate surface area is 99.3 Å². The normalized spacial score (nSPS) is 14.2. The molecule has 0 N–H and O–H groups in total. The first-order valence-electron chi connectivity index (χ1n) is 3.67. The number of thioether (sulfide) groups is 1. The molecule has 0 bridgehead atoms. The van der Waals surface area contributed by atoms with Crippen molar-refractivity contribution in [3.63, 3.8) is 0 Å².